The summed E-state index contributed by atoms with van der Waals surface area (Å²) >= 11 is 5.46. The summed E-state index contributed by atoms with van der Waals surface area (Å²) in [6.45, 7) is 1.97. The van der Waals surface area contributed by atoms with E-state index in [1.54, 1.807) is 6.07 Å². The van der Waals surface area contributed by atoms with Crippen LogP contribution in [0.4, 0.5) is 4.39 Å². The van der Waals surface area contributed by atoms with E-state index in [0.29, 0.717) is 0 Å². The molecule has 1 rings (SSSR count). The van der Waals surface area contributed by atoms with E-state index >= 15 is 0 Å². The third-order valence-electron chi connectivity index (χ3n) is 1.39. The number of rotatable bonds is 1. The molecule has 1 nitrogen and oxygen atoms in total. The van der Waals surface area contributed by atoms with Gasteiger partial charge in [0.25, 0.3) is 0 Å². The summed E-state index contributed by atoms with van der Waals surface area (Å²) in [6.07, 6.45) is 0.841. The molecule has 0 aliphatic heterocycles. The van der Waals surface area contributed by atoms with Crippen LogP contribution >= 0.6 is 11.6 Å². The summed E-state index contributed by atoms with van der Waals surface area (Å²) in [7, 11) is 0. The van der Waals surface area contributed by atoms with Crippen molar-refractivity contribution in [1.29, 1.82) is 0 Å². The highest BCUT2D eigenvalue weighted by atomic mass is 35.5. The molecule has 0 saturated carbocycles. The van der Waals surface area contributed by atoms with Gasteiger partial charge in [0.05, 0.1) is 5.02 Å². The van der Waals surface area contributed by atoms with Crippen LogP contribution in [0.2, 0.25) is 5.02 Å². The first-order valence-corrected chi connectivity index (χ1v) is 3.55. The summed E-state index contributed by atoms with van der Waals surface area (Å²) in [4.78, 5) is 0. The average molecular weight is 176 g/mol. The van der Waals surface area contributed by atoms with Crippen LogP contribution in [0, 0.1) is 5.82 Å². The van der Waals surface area contributed by atoms with Crippen molar-refractivity contribution >= 4 is 11.6 Å². The lowest BCUT2D eigenvalue weighted by Gasteiger charge is -1.96. The van der Waals surface area contributed by atoms with Crippen LogP contribution < -0.4 is 6.15 Å². The van der Waals surface area contributed by atoms with Crippen LogP contribution in [0.5, 0.6) is 0 Å². The summed E-state index contributed by atoms with van der Waals surface area (Å²) in [5, 5.41) is 0.192. The Labute approximate surface area is 70.8 Å². The quantitative estimate of drug-likeness (QED) is 0.699. The van der Waals surface area contributed by atoms with Crippen molar-refractivity contribution in [1.82, 2.24) is 6.15 Å². The summed E-state index contributed by atoms with van der Waals surface area (Å²) in [6, 6.07) is 4.86. The maximum Gasteiger partial charge on any atom is 0.142 e. The second kappa shape index (κ2) is 4.31. The van der Waals surface area contributed by atoms with E-state index in [9.17, 15) is 4.39 Å². The molecule has 0 bridgehead atoms. The monoisotopic (exact) mass is 175 g/mol. The van der Waals surface area contributed by atoms with Gasteiger partial charge in [0.15, 0.2) is 0 Å². The molecule has 0 heterocycles. The van der Waals surface area contributed by atoms with E-state index in [4.69, 9.17) is 11.6 Å². The molecule has 0 fully saturated rings. The van der Waals surface area contributed by atoms with E-state index in [-0.39, 0.29) is 17.0 Å². The van der Waals surface area contributed by atoms with Gasteiger partial charge >= 0.3 is 0 Å². The molecule has 62 valence electrons. The molecule has 0 amide bonds. The first-order valence-electron chi connectivity index (χ1n) is 3.18. The molecule has 0 aliphatic rings. The summed E-state index contributed by atoms with van der Waals surface area (Å²) < 4.78 is 12.6. The van der Waals surface area contributed by atoms with Gasteiger partial charge in [-0.05, 0) is 24.1 Å². The van der Waals surface area contributed by atoms with E-state index in [2.05, 4.69) is 0 Å². The molecule has 0 spiro atoms. The zero-order chi connectivity index (χ0) is 7.56. The molecule has 1 aromatic rings. The first kappa shape index (κ1) is 10.4. The van der Waals surface area contributed by atoms with Gasteiger partial charge in [0, 0.05) is 0 Å². The zero-order valence-electron chi connectivity index (χ0n) is 6.40. The highest BCUT2D eigenvalue weighted by Crippen LogP contribution is 2.15. The van der Waals surface area contributed by atoms with E-state index in [1.807, 2.05) is 13.0 Å². The van der Waals surface area contributed by atoms with Crippen LogP contribution in [0.1, 0.15) is 12.5 Å². The largest absolute Gasteiger partial charge is 0.344 e. The Morgan fingerprint density at radius 3 is 2.55 bits per heavy atom. The van der Waals surface area contributed by atoms with Gasteiger partial charge in [0.1, 0.15) is 5.82 Å². The van der Waals surface area contributed by atoms with Gasteiger partial charge < -0.3 is 6.15 Å². The van der Waals surface area contributed by atoms with Gasteiger partial charge in [-0.1, -0.05) is 24.6 Å². The van der Waals surface area contributed by atoms with Crippen LogP contribution in [-0.4, -0.2) is 0 Å². The third-order valence-corrected chi connectivity index (χ3v) is 1.70. The van der Waals surface area contributed by atoms with Gasteiger partial charge in [-0.2, -0.15) is 0 Å². The minimum absolute atomic E-state index is 0. The third kappa shape index (κ3) is 2.48. The predicted octanol–water partition coefficient (Wildman–Crippen LogP) is 3.20. The molecule has 1 aromatic carbocycles. The molecule has 0 atom stereocenters. The summed E-state index contributed by atoms with van der Waals surface area (Å²) in [5.41, 5.74) is 0.974. The number of halogens is 2. The average Bonchev–Trinajstić information content (AvgIpc) is 1.95. The lowest BCUT2D eigenvalue weighted by molar-refractivity contribution is 0.626. The van der Waals surface area contributed by atoms with Crippen molar-refractivity contribution in [2.45, 2.75) is 13.3 Å². The fraction of sp³-hybridized carbons (Fsp3) is 0.250. The minimum Gasteiger partial charge on any atom is -0.344 e. The number of hydrogen-bond acceptors (Lipinski definition) is 1. The highest BCUT2D eigenvalue weighted by Gasteiger charge is 1.97. The molecule has 0 aliphatic carbocycles. The topological polar surface area (TPSA) is 35.0 Å². The van der Waals surface area contributed by atoms with E-state index in [0.717, 1.165) is 12.0 Å². The Morgan fingerprint density at radius 2 is 2.09 bits per heavy atom. The SMILES string of the molecule is CCc1ccc(Cl)c(F)c1.N. The molecular weight excluding hydrogens is 165 g/mol. The Balaban J connectivity index is 0.000001000. The Hall–Kier alpha value is -0.600. The molecule has 3 N–H and O–H groups in total. The molecule has 3 heteroatoms. The lowest BCUT2D eigenvalue weighted by Crippen LogP contribution is -1.82. The number of hydrogen-bond donors (Lipinski definition) is 1. The van der Waals surface area contributed by atoms with Gasteiger partial charge in [-0.3, -0.25) is 0 Å². The van der Waals surface area contributed by atoms with Crippen molar-refractivity contribution in [3.8, 4) is 0 Å². The highest BCUT2D eigenvalue weighted by molar-refractivity contribution is 6.30. The van der Waals surface area contributed by atoms with E-state index < -0.39 is 0 Å². The Bertz CT molecular complexity index is 238. The van der Waals surface area contributed by atoms with Crippen LogP contribution in [0.15, 0.2) is 18.2 Å². The summed E-state index contributed by atoms with van der Waals surface area (Å²) in [5.74, 6) is -0.332. The minimum atomic E-state index is -0.332. The first-order chi connectivity index (χ1) is 4.74. The number of aryl methyl sites for hydroxylation is 1. The van der Waals surface area contributed by atoms with Crippen molar-refractivity contribution < 1.29 is 4.39 Å². The van der Waals surface area contributed by atoms with Crippen molar-refractivity contribution in [3.63, 3.8) is 0 Å². The van der Waals surface area contributed by atoms with Crippen molar-refractivity contribution in [2.75, 3.05) is 0 Å². The standard InChI is InChI=1S/C8H8ClF.H3N/c1-2-6-3-4-7(9)8(10)5-6;/h3-5H,2H2,1H3;1H3. The van der Waals surface area contributed by atoms with Gasteiger partial charge in [-0.25, -0.2) is 4.39 Å². The van der Waals surface area contributed by atoms with Crippen molar-refractivity contribution in [3.05, 3.63) is 34.6 Å². The lowest BCUT2D eigenvalue weighted by atomic mass is 10.2. The van der Waals surface area contributed by atoms with Gasteiger partial charge in [0.2, 0.25) is 0 Å². The predicted molar refractivity (Wildman–Crippen MR) is 45.8 cm³/mol. The second-order valence-electron chi connectivity index (χ2n) is 2.10. The van der Waals surface area contributed by atoms with Crippen molar-refractivity contribution in [2.24, 2.45) is 0 Å². The van der Waals surface area contributed by atoms with Crippen LogP contribution in [0.25, 0.3) is 0 Å². The molecule has 0 radical (unpaired) electrons. The Morgan fingerprint density at radius 1 is 1.45 bits per heavy atom. The van der Waals surface area contributed by atoms with E-state index in [1.165, 1.54) is 6.07 Å². The van der Waals surface area contributed by atoms with Crippen LogP contribution in [0.3, 0.4) is 0 Å². The zero-order valence-corrected chi connectivity index (χ0v) is 7.16. The second-order valence-corrected chi connectivity index (χ2v) is 2.51. The fourth-order valence-corrected chi connectivity index (χ4v) is 0.877. The van der Waals surface area contributed by atoms with Crippen LogP contribution in [-0.2, 0) is 6.42 Å². The molecular formula is C8H11ClFN. The van der Waals surface area contributed by atoms with Gasteiger partial charge in [-0.15, -0.1) is 0 Å². The number of benzene rings is 1. The molecule has 0 unspecified atom stereocenters. The maximum atomic E-state index is 12.6. The molecule has 0 aromatic heterocycles. The normalized spacial score (nSPS) is 9.00. The molecule has 11 heavy (non-hydrogen) atoms. The maximum absolute atomic E-state index is 12.6. The smallest absolute Gasteiger partial charge is 0.142 e. The molecule has 0 saturated heterocycles. The fourth-order valence-electron chi connectivity index (χ4n) is 0.760. The Kier molecular flexibility index (Phi) is 4.08.